The van der Waals surface area contributed by atoms with E-state index in [4.69, 9.17) is 0 Å². The summed E-state index contributed by atoms with van der Waals surface area (Å²) in [6.45, 7) is 0.529. The Bertz CT molecular complexity index is 491. The summed E-state index contributed by atoms with van der Waals surface area (Å²) in [4.78, 5) is 4.95. The summed E-state index contributed by atoms with van der Waals surface area (Å²) in [6, 6.07) is 5.28. The summed E-state index contributed by atoms with van der Waals surface area (Å²) in [6.07, 6.45) is 1.15. The molecular formula is C12H16N2O2. The summed E-state index contributed by atoms with van der Waals surface area (Å²) in [5.41, 5.74) is 1.58. The van der Waals surface area contributed by atoms with Crippen molar-refractivity contribution in [1.82, 2.24) is 9.88 Å². The van der Waals surface area contributed by atoms with Gasteiger partial charge in [0, 0.05) is 29.2 Å². The number of phenolic OH excluding ortho intramolecular Hbond substituents is 1. The molecule has 4 nitrogen and oxygen atoms in total. The Morgan fingerprint density at radius 3 is 2.81 bits per heavy atom. The third-order valence-corrected chi connectivity index (χ3v) is 2.61. The fourth-order valence-corrected chi connectivity index (χ4v) is 1.90. The molecule has 1 atom stereocenters. The minimum Gasteiger partial charge on any atom is -0.507 e. The maximum absolute atomic E-state index is 10.0. The number of fused-ring (bicyclic) bond motifs is 1. The van der Waals surface area contributed by atoms with E-state index in [-0.39, 0.29) is 5.75 Å². The molecule has 0 aliphatic heterocycles. The Morgan fingerprint density at radius 2 is 2.12 bits per heavy atom. The van der Waals surface area contributed by atoms with Crippen LogP contribution in [0.3, 0.4) is 0 Å². The largest absolute Gasteiger partial charge is 0.507 e. The van der Waals surface area contributed by atoms with Crippen LogP contribution in [0.1, 0.15) is 11.7 Å². The number of H-pyrrole nitrogens is 1. The van der Waals surface area contributed by atoms with Gasteiger partial charge in [-0.25, -0.2) is 0 Å². The smallest absolute Gasteiger partial charge is 0.125 e. The van der Waals surface area contributed by atoms with Crippen LogP contribution in [0.25, 0.3) is 10.9 Å². The molecular weight excluding hydrogens is 204 g/mol. The van der Waals surface area contributed by atoms with E-state index in [2.05, 4.69) is 4.98 Å². The molecule has 2 rings (SSSR count). The van der Waals surface area contributed by atoms with Gasteiger partial charge in [0.2, 0.25) is 0 Å². The molecule has 1 aromatic heterocycles. The zero-order chi connectivity index (χ0) is 11.7. The van der Waals surface area contributed by atoms with Crippen molar-refractivity contribution < 1.29 is 10.2 Å². The van der Waals surface area contributed by atoms with Gasteiger partial charge in [0.05, 0.1) is 6.10 Å². The van der Waals surface area contributed by atoms with Gasteiger partial charge in [-0.1, -0.05) is 6.07 Å². The lowest BCUT2D eigenvalue weighted by Gasteiger charge is -2.15. The van der Waals surface area contributed by atoms with Gasteiger partial charge in [-0.2, -0.15) is 0 Å². The number of nitrogens with zero attached hydrogens (tertiary/aromatic N) is 1. The lowest BCUT2D eigenvalue weighted by Crippen LogP contribution is -2.19. The number of aromatic hydroxyl groups is 1. The summed E-state index contributed by atoms with van der Waals surface area (Å²) >= 11 is 0. The second-order valence-corrected chi connectivity index (χ2v) is 4.22. The first-order valence-electron chi connectivity index (χ1n) is 5.21. The number of aromatic amines is 1. The van der Waals surface area contributed by atoms with Crippen LogP contribution < -0.4 is 0 Å². The molecule has 86 valence electrons. The fourth-order valence-electron chi connectivity index (χ4n) is 1.90. The minimum atomic E-state index is -0.600. The maximum Gasteiger partial charge on any atom is 0.125 e. The van der Waals surface area contributed by atoms with Crippen molar-refractivity contribution in [2.45, 2.75) is 6.10 Å². The number of aromatic nitrogens is 1. The van der Waals surface area contributed by atoms with Gasteiger partial charge in [0.1, 0.15) is 5.75 Å². The van der Waals surface area contributed by atoms with Gasteiger partial charge >= 0.3 is 0 Å². The second-order valence-electron chi connectivity index (χ2n) is 4.22. The average Bonchev–Trinajstić information content (AvgIpc) is 2.61. The van der Waals surface area contributed by atoms with Crippen LogP contribution in [0.2, 0.25) is 0 Å². The molecule has 1 heterocycles. The fraction of sp³-hybridized carbons (Fsp3) is 0.333. The van der Waals surface area contributed by atoms with E-state index >= 15 is 0 Å². The Hall–Kier alpha value is -1.52. The molecule has 0 aliphatic carbocycles. The first kappa shape index (κ1) is 11.0. The van der Waals surface area contributed by atoms with Crippen molar-refractivity contribution in [2.24, 2.45) is 0 Å². The van der Waals surface area contributed by atoms with Crippen LogP contribution in [-0.2, 0) is 0 Å². The average molecular weight is 220 g/mol. The zero-order valence-electron chi connectivity index (χ0n) is 9.44. The monoisotopic (exact) mass is 220 g/mol. The van der Waals surface area contributed by atoms with Gasteiger partial charge in [0.25, 0.3) is 0 Å². The predicted octanol–water partition coefficient (Wildman–Crippen LogP) is 1.47. The Balaban J connectivity index is 2.45. The Labute approximate surface area is 94.1 Å². The summed E-state index contributed by atoms with van der Waals surface area (Å²) in [5.74, 6) is 0.201. The van der Waals surface area contributed by atoms with Crippen molar-refractivity contribution in [2.75, 3.05) is 20.6 Å². The molecule has 2 aromatic rings. The van der Waals surface area contributed by atoms with E-state index in [1.807, 2.05) is 25.1 Å². The van der Waals surface area contributed by atoms with E-state index in [1.54, 1.807) is 18.3 Å². The van der Waals surface area contributed by atoms with E-state index < -0.39 is 6.10 Å². The van der Waals surface area contributed by atoms with Crippen molar-refractivity contribution in [3.63, 3.8) is 0 Å². The highest BCUT2D eigenvalue weighted by atomic mass is 16.3. The molecule has 0 saturated heterocycles. The Kier molecular flexibility index (Phi) is 2.85. The lowest BCUT2D eigenvalue weighted by molar-refractivity contribution is 0.139. The van der Waals surface area contributed by atoms with Gasteiger partial charge in [-0.15, -0.1) is 0 Å². The molecule has 4 heteroatoms. The third kappa shape index (κ3) is 1.89. The molecule has 0 aliphatic rings. The minimum absolute atomic E-state index is 0.201. The Morgan fingerprint density at radius 1 is 1.38 bits per heavy atom. The molecule has 16 heavy (non-hydrogen) atoms. The highest BCUT2D eigenvalue weighted by Crippen LogP contribution is 2.31. The standard InChI is InChI=1S/C12H16N2O2/c1-14(2)7-11(16)8-6-13-9-4-3-5-10(15)12(8)9/h3-6,11,13,15-16H,7H2,1-2H3. The SMILES string of the molecule is CN(C)CC(O)c1c[nH]c2cccc(O)c12. The van der Waals surface area contributed by atoms with Gasteiger partial charge in [0.15, 0.2) is 0 Å². The predicted molar refractivity (Wildman–Crippen MR) is 63.5 cm³/mol. The number of hydrogen-bond donors (Lipinski definition) is 3. The van der Waals surface area contributed by atoms with E-state index in [0.29, 0.717) is 11.9 Å². The molecule has 0 amide bonds. The van der Waals surface area contributed by atoms with Crippen LogP contribution in [0.15, 0.2) is 24.4 Å². The topological polar surface area (TPSA) is 59.5 Å². The maximum atomic E-state index is 10.0. The van der Waals surface area contributed by atoms with Gasteiger partial charge < -0.3 is 20.1 Å². The van der Waals surface area contributed by atoms with Crippen molar-refractivity contribution >= 4 is 10.9 Å². The molecule has 3 N–H and O–H groups in total. The number of likely N-dealkylation sites (N-methyl/N-ethyl adjacent to an activating group) is 1. The first-order chi connectivity index (χ1) is 7.59. The third-order valence-electron chi connectivity index (χ3n) is 2.61. The van der Waals surface area contributed by atoms with Crippen molar-refractivity contribution in [3.8, 4) is 5.75 Å². The highest BCUT2D eigenvalue weighted by molar-refractivity contribution is 5.89. The van der Waals surface area contributed by atoms with Crippen LogP contribution in [0.5, 0.6) is 5.75 Å². The number of aliphatic hydroxyl groups excluding tert-OH is 1. The number of nitrogens with one attached hydrogen (secondary N) is 1. The van der Waals surface area contributed by atoms with E-state index in [0.717, 1.165) is 11.1 Å². The summed E-state index contributed by atoms with van der Waals surface area (Å²) in [7, 11) is 3.80. The van der Waals surface area contributed by atoms with Crippen LogP contribution in [-0.4, -0.2) is 40.7 Å². The number of benzene rings is 1. The van der Waals surface area contributed by atoms with Crippen molar-refractivity contribution in [3.05, 3.63) is 30.0 Å². The molecule has 0 radical (unpaired) electrons. The summed E-state index contributed by atoms with van der Waals surface area (Å²) < 4.78 is 0. The normalized spacial score (nSPS) is 13.5. The molecule has 1 unspecified atom stereocenters. The second kappa shape index (κ2) is 4.15. The first-order valence-corrected chi connectivity index (χ1v) is 5.21. The molecule has 0 saturated carbocycles. The van der Waals surface area contributed by atoms with Crippen LogP contribution in [0, 0.1) is 0 Å². The number of hydrogen-bond acceptors (Lipinski definition) is 3. The van der Waals surface area contributed by atoms with Crippen molar-refractivity contribution in [1.29, 1.82) is 0 Å². The molecule has 1 aromatic carbocycles. The van der Waals surface area contributed by atoms with E-state index in [9.17, 15) is 10.2 Å². The molecule has 0 spiro atoms. The number of aliphatic hydroxyl groups is 1. The van der Waals surface area contributed by atoms with Gasteiger partial charge in [-0.3, -0.25) is 0 Å². The molecule has 0 bridgehead atoms. The number of phenols is 1. The molecule has 0 fully saturated rings. The highest BCUT2D eigenvalue weighted by Gasteiger charge is 2.15. The quantitative estimate of drug-likeness (QED) is 0.734. The van der Waals surface area contributed by atoms with E-state index in [1.165, 1.54) is 0 Å². The summed E-state index contributed by atoms with van der Waals surface area (Å²) in [5, 5.41) is 20.5. The zero-order valence-corrected chi connectivity index (χ0v) is 9.44. The van der Waals surface area contributed by atoms with Crippen LogP contribution >= 0.6 is 0 Å². The number of rotatable bonds is 3. The van der Waals surface area contributed by atoms with Gasteiger partial charge in [-0.05, 0) is 26.2 Å². The van der Waals surface area contributed by atoms with Crippen LogP contribution in [0.4, 0.5) is 0 Å². The lowest BCUT2D eigenvalue weighted by atomic mass is 10.1.